The summed E-state index contributed by atoms with van der Waals surface area (Å²) in [6, 6.07) is 0. The molecule has 0 aromatic carbocycles. The van der Waals surface area contributed by atoms with Gasteiger partial charge in [0.25, 0.3) is 0 Å². The van der Waals surface area contributed by atoms with Crippen molar-refractivity contribution >= 4 is 5.82 Å². The van der Waals surface area contributed by atoms with Crippen molar-refractivity contribution in [2.24, 2.45) is 5.41 Å². The second-order valence-electron chi connectivity index (χ2n) is 5.11. The van der Waals surface area contributed by atoms with Crippen LogP contribution in [0.2, 0.25) is 0 Å². The number of nitrogens with one attached hydrogen (secondary N) is 1. The Morgan fingerprint density at radius 3 is 2.78 bits per heavy atom. The van der Waals surface area contributed by atoms with Crippen LogP contribution in [0.15, 0.2) is 6.33 Å². The molecule has 0 unspecified atom stereocenters. The molecule has 1 saturated heterocycles. The van der Waals surface area contributed by atoms with Crippen LogP contribution in [0.25, 0.3) is 0 Å². The highest BCUT2D eigenvalue weighted by molar-refractivity contribution is 5.37. The molecule has 0 aliphatic carbocycles. The molecule has 1 fully saturated rings. The van der Waals surface area contributed by atoms with Crippen molar-refractivity contribution in [1.82, 2.24) is 9.97 Å². The van der Waals surface area contributed by atoms with Crippen LogP contribution in [0.1, 0.15) is 32.4 Å². The summed E-state index contributed by atoms with van der Waals surface area (Å²) in [5, 5.41) is 3.12. The predicted octanol–water partition coefficient (Wildman–Crippen LogP) is 2.41. The molecule has 0 amide bonds. The average molecular weight is 253 g/mol. The molecule has 2 rings (SSSR count). The van der Waals surface area contributed by atoms with Gasteiger partial charge in [0.15, 0.2) is 11.6 Å². The van der Waals surface area contributed by atoms with E-state index in [0.29, 0.717) is 24.5 Å². The number of halogens is 1. The zero-order valence-corrected chi connectivity index (χ0v) is 11.0. The maximum absolute atomic E-state index is 13.9. The van der Waals surface area contributed by atoms with Crippen molar-refractivity contribution in [3.63, 3.8) is 0 Å². The largest absolute Gasteiger partial charge is 0.381 e. The highest BCUT2D eigenvalue weighted by Gasteiger charge is 2.27. The first-order valence-electron chi connectivity index (χ1n) is 6.45. The first kappa shape index (κ1) is 13.2. The Bertz CT molecular complexity index is 405. The first-order valence-corrected chi connectivity index (χ1v) is 6.45. The van der Waals surface area contributed by atoms with E-state index in [-0.39, 0.29) is 11.2 Å². The van der Waals surface area contributed by atoms with E-state index in [0.717, 1.165) is 26.1 Å². The normalized spacial score (nSPS) is 18.6. The lowest BCUT2D eigenvalue weighted by Crippen LogP contribution is -2.33. The van der Waals surface area contributed by atoms with Crippen LogP contribution in [-0.2, 0) is 11.2 Å². The van der Waals surface area contributed by atoms with Crippen molar-refractivity contribution in [3.8, 4) is 0 Å². The van der Waals surface area contributed by atoms with Crippen molar-refractivity contribution in [2.45, 2.75) is 33.1 Å². The number of aromatic nitrogens is 2. The Hall–Kier alpha value is -1.23. The number of rotatable bonds is 4. The molecule has 0 atom stereocenters. The molecule has 100 valence electrons. The summed E-state index contributed by atoms with van der Waals surface area (Å²) < 4.78 is 19.3. The molecule has 1 aliphatic rings. The Morgan fingerprint density at radius 2 is 2.11 bits per heavy atom. The monoisotopic (exact) mass is 253 g/mol. The second-order valence-corrected chi connectivity index (χ2v) is 5.11. The van der Waals surface area contributed by atoms with Gasteiger partial charge in [-0.05, 0) is 24.7 Å². The highest BCUT2D eigenvalue weighted by Crippen LogP contribution is 2.30. The SMILES string of the molecule is CCc1ncnc(NCC2(C)CCOCC2)c1F. The third kappa shape index (κ3) is 2.96. The van der Waals surface area contributed by atoms with Gasteiger partial charge in [-0.2, -0.15) is 0 Å². The minimum absolute atomic E-state index is 0.155. The van der Waals surface area contributed by atoms with Crippen molar-refractivity contribution in [2.75, 3.05) is 25.1 Å². The number of anilines is 1. The van der Waals surface area contributed by atoms with Crippen LogP contribution in [0.4, 0.5) is 10.2 Å². The molecule has 4 nitrogen and oxygen atoms in total. The summed E-state index contributed by atoms with van der Waals surface area (Å²) in [6.07, 6.45) is 3.98. The van der Waals surface area contributed by atoms with E-state index in [1.54, 1.807) is 0 Å². The molecule has 1 aromatic rings. The number of nitrogens with zero attached hydrogens (tertiary/aromatic N) is 2. The van der Waals surface area contributed by atoms with Crippen molar-refractivity contribution in [1.29, 1.82) is 0 Å². The summed E-state index contributed by atoms with van der Waals surface area (Å²) in [4.78, 5) is 7.90. The summed E-state index contributed by atoms with van der Waals surface area (Å²) in [7, 11) is 0. The van der Waals surface area contributed by atoms with Crippen LogP contribution in [-0.4, -0.2) is 29.7 Å². The van der Waals surface area contributed by atoms with Gasteiger partial charge >= 0.3 is 0 Å². The average Bonchev–Trinajstić information content (AvgIpc) is 2.38. The second kappa shape index (κ2) is 5.61. The Morgan fingerprint density at radius 1 is 1.39 bits per heavy atom. The van der Waals surface area contributed by atoms with Crippen LogP contribution in [0, 0.1) is 11.2 Å². The van der Waals surface area contributed by atoms with E-state index < -0.39 is 0 Å². The van der Waals surface area contributed by atoms with Gasteiger partial charge in [-0.25, -0.2) is 14.4 Å². The van der Waals surface area contributed by atoms with Gasteiger partial charge in [0, 0.05) is 19.8 Å². The zero-order chi connectivity index (χ0) is 13.0. The van der Waals surface area contributed by atoms with E-state index in [1.165, 1.54) is 6.33 Å². The fraction of sp³-hybridized carbons (Fsp3) is 0.692. The van der Waals surface area contributed by atoms with E-state index >= 15 is 0 Å². The number of ether oxygens (including phenoxy) is 1. The molecule has 2 heterocycles. The van der Waals surface area contributed by atoms with Gasteiger partial charge in [0.05, 0.1) is 5.69 Å². The van der Waals surface area contributed by atoms with Gasteiger partial charge in [-0.15, -0.1) is 0 Å². The van der Waals surface area contributed by atoms with Gasteiger partial charge in [0.1, 0.15) is 6.33 Å². The Labute approximate surface area is 107 Å². The predicted molar refractivity (Wildman–Crippen MR) is 68.0 cm³/mol. The smallest absolute Gasteiger partial charge is 0.186 e. The Balaban J connectivity index is 2.01. The molecular formula is C13H20FN3O. The lowest BCUT2D eigenvalue weighted by atomic mass is 9.82. The maximum atomic E-state index is 13.9. The van der Waals surface area contributed by atoms with Crippen molar-refractivity contribution in [3.05, 3.63) is 17.8 Å². The summed E-state index contributed by atoms with van der Waals surface area (Å²) in [6.45, 7) is 6.36. The van der Waals surface area contributed by atoms with Gasteiger partial charge < -0.3 is 10.1 Å². The molecular weight excluding hydrogens is 233 g/mol. The Kier molecular flexibility index (Phi) is 4.11. The fourth-order valence-corrected chi connectivity index (χ4v) is 2.11. The van der Waals surface area contributed by atoms with Crippen LogP contribution in [0.3, 0.4) is 0 Å². The lowest BCUT2D eigenvalue weighted by molar-refractivity contribution is 0.0299. The van der Waals surface area contributed by atoms with E-state index in [4.69, 9.17) is 4.74 Å². The topological polar surface area (TPSA) is 47.0 Å². The van der Waals surface area contributed by atoms with Crippen molar-refractivity contribution < 1.29 is 9.13 Å². The van der Waals surface area contributed by atoms with Crippen LogP contribution in [0.5, 0.6) is 0 Å². The number of hydrogen-bond donors (Lipinski definition) is 1. The van der Waals surface area contributed by atoms with E-state index in [1.807, 2.05) is 6.92 Å². The fourth-order valence-electron chi connectivity index (χ4n) is 2.11. The first-order chi connectivity index (χ1) is 8.64. The maximum Gasteiger partial charge on any atom is 0.186 e. The quantitative estimate of drug-likeness (QED) is 0.895. The van der Waals surface area contributed by atoms with Crippen LogP contribution >= 0.6 is 0 Å². The molecule has 0 saturated carbocycles. The molecule has 0 radical (unpaired) electrons. The summed E-state index contributed by atoms with van der Waals surface area (Å²) in [5.74, 6) is -0.00905. The number of hydrogen-bond acceptors (Lipinski definition) is 4. The molecule has 0 spiro atoms. The van der Waals surface area contributed by atoms with E-state index in [9.17, 15) is 4.39 Å². The highest BCUT2D eigenvalue weighted by atomic mass is 19.1. The summed E-state index contributed by atoms with van der Waals surface area (Å²) in [5.41, 5.74) is 0.617. The minimum atomic E-state index is -0.323. The standard InChI is InChI=1S/C13H20FN3O/c1-3-10-11(14)12(17-9-16-10)15-8-13(2)4-6-18-7-5-13/h9H,3-8H2,1-2H3,(H,15,16,17). The third-order valence-corrected chi connectivity index (χ3v) is 3.58. The van der Waals surface area contributed by atoms with Gasteiger partial charge in [-0.1, -0.05) is 13.8 Å². The molecule has 18 heavy (non-hydrogen) atoms. The molecule has 0 bridgehead atoms. The lowest BCUT2D eigenvalue weighted by Gasteiger charge is -2.33. The zero-order valence-electron chi connectivity index (χ0n) is 11.0. The molecule has 5 heteroatoms. The van der Waals surface area contributed by atoms with Gasteiger partial charge in [0.2, 0.25) is 0 Å². The van der Waals surface area contributed by atoms with E-state index in [2.05, 4.69) is 22.2 Å². The number of aryl methyl sites for hydroxylation is 1. The van der Waals surface area contributed by atoms with Gasteiger partial charge in [-0.3, -0.25) is 0 Å². The molecule has 1 aliphatic heterocycles. The minimum Gasteiger partial charge on any atom is -0.381 e. The van der Waals surface area contributed by atoms with Crippen LogP contribution < -0.4 is 5.32 Å². The third-order valence-electron chi connectivity index (χ3n) is 3.58. The molecule has 1 N–H and O–H groups in total. The molecule has 1 aromatic heterocycles. The summed E-state index contributed by atoms with van der Waals surface area (Å²) >= 11 is 0.